The number of aryl methyl sites for hydroxylation is 1. The number of aromatic nitrogens is 2. The number of rotatable bonds is 2. The molecule has 0 aliphatic rings. The van der Waals surface area contributed by atoms with Gasteiger partial charge < -0.3 is 0 Å². The lowest BCUT2D eigenvalue weighted by molar-refractivity contribution is 0.101. The van der Waals surface area contributed by atoms with Gasteiger partial charge in [-0.3, -0.25) is 4.79 Å². The zero-order valence-corrected chi connectivity index (χ0v) is 7.63. The van der Waals surface area contributed by atoms with Crippen molar-refractivity contribution >= 4 is 21.7 Å². The van der Waals surface area contributed by atoms with Gasteiger partial charge in [0.05, 0.1) is 5.33 Å². The highest BCUT2D eigenvalue weighted by Gasteiger charge is 2.04. The number of nitrogens with zero attached hydrogens (tertiary/aromatic N) is 2. The minimum atomic E-state index is -0.0181. The molecule has 1 aromatic heterocycles. The van der Waals surface area contributed by atoms with Crippen molar-refractivity contribution < 1.29 is 4.79 Å². The monoisotopic (exact) mass is 214 g/mol. The number of ketones is 1. The molecule has 0 unspecified atom stereocenters. The summed E-state index contributed by atoms with van der Waals surface area (Å²) in [7, 11) is 0. The summed E-state index contributed by atoms with van der Waals surface area (Å²) in [5.74, 6) is 0.604. The van der Waals surface area contributed by atoms with Gasteiger partial charge in [0.25, 0.3) is 0 Å². The van der Waals surface area contributed by atoms with Gasteiger partial charge in [-0.25, -0.2) is 9.97 Å². The number of hydrogen-bond donors (Lipinski definition) is 0. The zero-order chi connectivity index (χ0) is 8.27. The maximum atomic E-state index is 11.0. The van der Waals surface area contributed by atoms with Crippen LogP contribution in [0.3, 0.4) is 0 Å². The molecule has 0 amide bonds. The van der Waals surface area contributed by atoms with E-state index >= 15 is 0 Å². The number of carbonyl (C=O) groups is 1. The molecule has 0 radical (unpaired) electrons. The molecule has 0 saturated heterocycles. The Morgan fingerprint density at radius 2 is 2.45 bits per heavy atom. The van der Waals surface area contributed by atoms with Gasteiger partial charge in [-0.05, 0) is 13.0 Å². The van der Waals surface area contributed by atoms with Crippen LogP contribution in [-0.4, -0.2) is 21.1 Å². The molecule has 0 aliphatic carbocycles. The minimum Gasteiger partial charge on any atom is -0.291 e. The molecule has 11 heavy (non-hydrogen) atoms. The van der Waals surface area contributed by atoms with Gasteiger partial charge in [0.1, 0.15) is 11.5 Å². The highest BCUT2D eigenvalue weighted by atomic mass is 79.9. The normalized spacial score (nSPS) is 9.64. The predicted octanol–water partition coefficient (Wildman–Crippen LogP) is 1.36. The van der Waals surface area contributed by atoms with E-state index in [4.69, 9.17) is 0 Å². The summed E-state index contributed by atoms with van der Waals surface area (Å²) in [5, 5.41) is 0.309. The van der Waals surface area contributed by atoms with Crippen LogP contribution in [0.5, 0.6) is 0 Å². The summed E-state index contributed by atoms with van der Waals surface area (Å²) in [6.45, 7) is 1.75. The molecule has 1 heterocycles. The Morgan fingerprint density at radius 1 is 1.73 bits per heavy atom. The highest BCUT2D eigenvalue weighted by Crippen LogP contribution is 1.98. The standard InChI is InChI=1S/C7H7BrN2O/c1-5-9-3-2-6(10-5)7(11)4-8/h2-3H,4H2,1H3. The van der Waals surface area contributed by atoms with Crippen molar-refractivity contribution in [2.75, 3.05) is 5.33 Å². The zero-order valence-electron chi connectivity index (χ0n) is 6.04. The van der Waals surface area contributed by atoms with Crippen molar-refractivity contribution in [3.8, 4) is 0 Å². The van der Waals surface area contributed by atoms with Gasteiger partial charge in [0, 0.05) is 6.20 Å². The number of carbonyl (C=O) groups excluding carboxylic acids is 1. The molecule has 1 rings (SSSR count). The Balaban J connectivity index is 2.96. The van der Waals surface area contributed by atoms with Gasteiger partial charge in [0.15, 0.2) is 5.78 Å². The third-order valence-electron chi connectivity index (χ3n) is 1.18. The Bertz CT molecular complexity index is 275. The van der Waals surface area contributed by atoms with Crippen LogP contribution in [0.2, 0.25) is 0 Å². The van der Waals surface area contributed by atoms with E-state index in [-0.39, 0.29) is 5.78 Å². The molecule has 0 N–H and O–H groups in total. The van der Waals surface area contributed by atoms with Gasteiger partial charge in [-0.2, -0.15) is 0 Å². The Labute approximate surface area is 73.0 Å². The van der Waals surface area contributed by atoms with Gasteiger partial charge in [0.2, 0.25) is 0 Å². The molecule has 1 aromatic rings. The van der Waals surface area contributed by atoms with Crippen molar-refractivity contribution in [1.29, 1.82) is 0 Å². The van der Waals surface area contributed by atoms with Gasteiger partial charge in [-0.15, -0.1) is 0 Å². The second kappa shape index (κ2) is 3.57. The largest absolute Gasteiger partial charge is 0.291 e. The van der Waals surface area contributed by atoms with Crippen molar-refractivity contribution in [2.24, 2.45) is 0 Å². The molecule has 0 aliphatic heterocycles. The van der Waals surface area contributed by atoms with Crippen LogP contribution in [-0.2, 0) is 0 Å². The van der Waals surface area contributed by atoms with Crippen molar-refractivity contribution in [2.45, 2.75) is 6.92 Å². The molecule has 0 fully saturated rings. The minimum absolute atomic E-state index is 0.0181. The fourth-order valence-electron chi connectivity index (χ4n) is 0.680. The van der Waals surface area contributed by atoms with Crippen molar-refractivity contribution in [3.05, 3.63) is 23.8 Å². The second-order valence-corrected chi connectivity index (χ2v) is 2.61. The van der Waals surface area contributed by atoms with Crippen LogP contribution in [0, 0.1) is 6.92 Å². The van der Waals surface area contributed by atoms with Crippen LogP contribution in [0.1, 0.15) is 16.3 Å². The maximum absolute atomic E-state index is 11.0. The lowest BCUT2D eigenvalue weighted by atomic mass is 10.3. The summed E-state index contributed by atoms with van der Waals surface area (Å²) in [5.41, 5.74) is 0.467. The Kier molecular flexibility index (Phi) is 2.70. The smallest absolute Gasteiger partial charge is 0.191 e. The maximum Gasteiger partial charge on any atom is 0.191 e. The molecule has 0 bridgehead atoms. The quantitative estimate of drug-likeness (QED) is 0.552. The molecule has 0 aromatic carbocycles. The molecular weight excluding hydrogens is 208 g/mol. The average Bonchev–Trinajstić information content (AvgIpc) is 2.03. The molecule has 0 atom stereocenters. The molecular formula is C7H7BrN2O. The van der Waals surface area contributed by atoms with Crippen molar-refractivity contribution in [1.82, 2.24) is 9.97 Å². The Morgan fingerprint density at radius 3 is 3.00 bits per heavy atom. The van der Waals surface area contributed by atoms with E-state index in [9.17, 15) is 4.79 Å². The van der Waals surface area contributed by atoms with Crippen LogP contribution in [0.15, 0.2) is 12.3 Å². The number of alkyl halides is 1. The summed E-state index contributed by atoms with van der Waals surface area (Å²) in [6, 6.07) is 1.61. The van der Waals surface area contributed by atoms with Crippen molar-refractivity contribution in [3.63, 3.8) is 0 Å². The van der Waals surface area contributed by atoms with Gasteiger partial charge >= 0.3 is 0 Å². The fourth-order valence-corrected chi connectivity index (χ4v) is 0.967. The first-order valence-electron chi connectivity index (χ1n) is 3.13. The fraction of sp³-hybridized carbons (Fsp3) is 0.286. The second-order valence-electron chi connectivity index (χ2n) is 2.05. The number of Topliss-reactive ketones (excluding diaryl/α,β-unsaturated/α-hetero) is 1. The summed E-state index contributed by atoms with van der Waals surface area (Å²) in [4.78, 5) is 18.9. The molecule has 0 saturated carbocycles. The third kappa shape index (κ3) is 2.08. The molecule has 3 nitrogen and oxygen atoms in total. The third-order valence-corrected chi connectivity index (χ3v) is 1.69. The predicted molar refractivity (Wildman–Crippen MR) is 44.9 cm³/mol. The van der Waals surface area contributed by atoms with E-state index in [1.807, 2.05) is 0 Å². The Hall–Kier alpha value is -0.770. The number of hydrogen-bond acceptors (Lipinski definition) is 3. The molecule has 58 valence electrons. The first-order valence-corrected chi connectivity index (χ1v) is 4.25. The first-order chi connectivity index (χ1) is 5.24. The molecule has 4 heteroatoms. The van der Waals surface area contributed by atoms with E-state index < -0.39 is 0 Å². The lowest BCUT2D eigenvalue weighted by Crippen LogP contribution is -2.04. The number of halogens is 1. The van der Waals surface area contributed by atoms with E-state index in [2.05, 4.69) is 25.9 Å². The van der Waals surface area contributed by atoms with Crippen LogP contribution >= 0.6 is 15.9 Å². The highest BCUT2D eigenvalue weighted by molar-refractivity contribution is 9.09. The van der Waals surface area contributed by atoms with Crippen LogP contribution in [0.25, 0.3) is 0 Å². The summed E-state index contributed by atoms with van der Waals surface area (Å²) in [6.07, 6.45) is 1.58. The lowest BCUT2D eigenvalue weighted by Gasteiger charge is -1.95. The first kappa shape index (κ1) is 8.33. The van der Waals surface area contributed by atoms with E-state index in [1.54, 1.807) is 19.2 Å². The van der Waals surface area contributed by atoms with E-state index in [0.717, 1.165) is 0 Å². The van der Waals surface area contributed by atoms with Crippen LogP contribution in [0.4, 0.5) is 0 Å². The SMILES string of the molecule is Cc1nccc(C(=O)CBr)n1. The van der Waals surface area contributed by atoms with Crippen LogP contribution < -0.4 is 0 Å². The van der Waals surface area contributed by atoms with E-state index in [1.165, 1.54) is 0 Å². The topological polar surface area (TPSA) is 42.9 Å². The molecule has 0 spiro atoms. The summed E-state index contributed by atoms with van der Waals surface area (Å²) < 4.78 is 0. The van der Waals surface area contributed by atoms with Gasteiger partial charge in [-0.1, -0.05) is 15.9 Å². The average molecular weight is 215 g/mol. The van der Waals surface area contributed by atoms with E-state index in [0.29, 0.717) is 16.8 Å². The summed E-state index contributed by atoms with van der Waals surface area (Å²) >= 11 is 3.07.